The number of nitrogens with zero attached hydrogens (tertiary/aromatic N) is 1. The average Bonchev–Trinajstić information content (AvgIpc) is 2.22. The van der Waals surface area contributed by atoms with E-state index in [1.807, 2.05) is 31.2 Å². The molecular formula is C12H9Br2NO. The maximum Gasteiger partial charge on any atom is 0.146 e. The fraction of sp³-hybridized carbons (Fsp3) is 0.0833. The normalized spacial score (nSPS) is 10.2. The van der Waals surface area contributed by atoms with Crippen LogP contribution in [0.1, 0.15) is 5.56 Å². The first kappa shape index (κ1) is 11.6. The van der Waals surface area contributed by atoms with Crippen molar-refractivity contribution in [3.63, 3.8) is 0 Å². The van der Waals surface area contributed by atoms with Crippen LogP contribution in [-0.2, 0) is 0 Å². The first-order valence-electron chi connectivity index (χ1n) is 4.70. The molecule has 2 aromatic rings. The van der Waals surface area contributed by atoms with Gasteiger partial charge >= 0.3 is 0 Å². The fourth-order valence-electron chi connectivity index (χ4n) is 1.30. The zero-order valence-corrected chi connectivity index (χ0v) is 11.7. The first-order valence-corrected chi connectivity index (χ1v) is 6.28. The topological polar surface area (TPSA) is 22.1 Å². The third-order valence-electron chi connectivity index (χ3n) is 2.04. The molecule has 0 fully saturated rings. The van der Waals surface area contributed by atoms with Crippen molar-refractivity contribution in [3.05, 3.63) is 51.2 Å². The van der Waals surface area contributed by atoms with Crippen LogP contribution < -0.4 is 4.74 Å². The van der Waals surface area contributed by atoms with Gasteiger partial charge in [0, 0.05) is 15.1 Å². The zero-order valence-electron chi connectivity index (χ0n) is 8.58. The minimum absolute atomic E-state index is 0.722. The number of ether oxygens (including phenoxy) is 1. The molecule has 0 aliphatic rings. The van der Waals surface area contributed by atoms with Gasteiger partial charge in [-0.2, -0.15) is 0 Å². The van der Waals surface area contributed by atoms with Crippen molar-refractivity contribution in [3.8, 4) is 11.5 Å². The average molecular weight is 343 g/mol. The van der Waals surface area contributed by atoms with Crippen molar-refractivity contribution in [1.29, 1.82) is 0 Å². The van der Waals surface area contributed by atoms with Gasteiger partial charge in [0.15, 0.2) is 0 Å². The van der Waals surface area contributed by atoms with Gasteiger partial charge in [0.1, 0.15) is 11.5 Å². The number of pyridine rings is 1. The molecule has 1 aromatic carbocycles. The summed E-state index contributed by atoms with van der Waals surface area (Å²) in [5.74, 6) is 1.56. The molecule has 1 heterocycles. The molecule has 0 unspecified atom stereocenters. The fourth-order valence-corrected chi connectivity index (χ4v) is 2.12. The highest BCUT2D eigenvalue weighted by atomic mass is 79.9. The molecule has 0 saturated carbocycles. The number of hydrogen-bond acceptors (Lipinski definition) is 2. The van der Waals surface area contributed by atoms with Crippen molar-refractivity contribution in [2.24, 2.45) is 0 Å². The lowest BCUT2D eigenvalue weighted by Crippen LogP contribution is -1.88. The standard InChI is InChI=1S/C12H9Br2NO/c1-8-4-9(13)2-3-12(8)16-11-5-10(14)6-15-7-11/h2-7H,1H3. The Morgan fingerprint density at radius 2 is 1.88 bits per heavy atom. The Hall–Kier alpha value is -0.870. The van der Waals surface area contributed by atoms with E-state index in [9.17, 15) is 0 Å². The summed E-state index contributed by atoms with van der Waals surface area (Å²) in [6, 6.07) is 7.78. The van der Waals surface area contributed by atoms with E-state index >= 15 is 0 Å². The third-order valence-corrected chi connectivity index (χ3v) is 2.97. The van der Waals surface area contributed by atoms with Gasteiger partial charge in [-0.3, -0.25) is 4.98 Å². The monoisotopic (exact) mass is 341 g/mol. The van der Waals surface area contributed by atoms with Gasteiger partial charge in [-0.1, -0.05) is 15.9 Å². The number of aromatic nitrogens is 1. The van der Waals surface area contributed by atoms with Crippen LogP contribution in [0, 0.1) is 6.92 Å². The molecule has 0 aliphatic heterocycles. The second kappa shape index (κ2) is 4.97. The first-order chi connectivity index (χ1) is 7.65. The second-order valence-electron chi connectivity index (χ2n) is 3.35. The summed E-state index contributed by atoms with van der Waals surface area (Å²) >= 11 is 6.77. The van der Waals surface area contributed by atoms with Gasteiger partial charge in [-0.15, -0.1) is 0 Å². The van der Waals surface area contributed by atoms with Crippen LogP contribution in [0.4, 0.5) is 0 Å². The van der Waals surface area contributed by atoms with Crippen LogP contribution in [0.5, 0.6) is 11.5 Å². The van der Waals surface area contributed by atoms with Gasteiger partial charge in [0.25, 0.3) is 0 Å². The van der Waals surface area contributed by atoms with Crippen molar-refractivity contribution < 1.29 is 4.74 Å². The molecule has 82 valence electrons. The summed E-state index contributed by atoms with van der Waals surface area (Å²) in [4.78, 5) is 4.05. The Morgan fingerprint density at radius 3 is 2.56 bits per heavy atom. The van der Waals surface area contributed by atoms with Gasteiger partial charge in [0.05, 0.1) is 6.20 Å². The number of aryl methyl sites for hydroxylation is 1. The number of rotatable bonds is 2. The predicted molar refractivity (Wildman–Crippen MR) is 70.9 cm³/mol. The Balaban J connectivity index is 2.27. The molecule has 0 saturated heterocycles. The van der Waals surface area contributed by atoms with Crippen molar-refractivity contribution in [2.45, 2.75) is 6.92 Å². The number of halogens is 2. The summed E-state index contributed by atoms with van der Waals surface area (Å²) in [6.07, 6.45) is 3.41. The van der Waals surface area contributed by atoms with Crippen molar-refractivity contribution >= 4 is 31.9 Å². The van der Waals surface area contributed by atoms with E-state index in [0.29, 0.717) is 0 Å². The van der Waals surface area contributed by atoms with Gasteiger partial charge in [-0.25, -0.2) is 0 Å². The van der Waals surface area contributed by atoms with E-state index < -0.39 is 0 Å². The van der Waals surface area contributed by atoms with Crippen molar-refractivity contribution in [1.82, 2.24) is 4.98 Å². The summed E-state index contributed by atoms with van der Waals surface area (Å²) in [7, 11) is 0. The molecular weight excluding hydrogens is 334 g/mol. The Morgan fingerprint density at radius 1 is 1.06 bits per heavy atom. The van der Waals surface area contributed by atoms with Gasteiger partial charge in [0.2, 0.25) is 0 Å². The molecule has 2 rings (SSSR count). The highest BCUT2D eigenvalue weighted by molar-refractivity contribution is 9.10. The number of hydrogen-bond donors (Lipinski definition) is 0. The molecule has 0 bridgehead atoms. The Labute approximate surface area is 111 Å². The summed E-state index contributed by atoms with van der Waals surface area (Å²) < 4.78 is 7.68. The van der Waals surface area contributed by atoms with Crippen LogP contribution in [-0.4, -0.2) is 4.98 Å². The maximum absolute atomic E-state index is 5.73. The molecule has 0 spiro atoms. The van der Waals surface area contributed by atoms with Crippen molar-refractivity contribution in [2.75, 3.05) is 0 Å². The SMILES string of the molecule is Cc1cc(Br)ccc1Oc1cncc(Br)c1. The van der Waals surface area contributed by atoms with Crippen LogP contribution in [0.25, 0.3) is 0 Å². The van der Waals surface area contributed by atoms with E-state index in [1.165, 1.54) is 0 Å². The quantitative estimate of drug-likeness (QED) is 0.788. The van der Waals surface area contributed by atoms with E-state index in [-0.39, 0.29) is 0 Å². The summed E-state index contributed by atoms with van der Waals surface area (Å²) in [6.45, 7) is 2.01. The highest BCUT2D eigenvalue weighted by Gasteiger charge is 2.02. The predicted octanol–water partition coefficient (Wildman–Crippen LogP) is 4.71. The van der Waals surface area contributed by atoms with E-state index in [2.05, 4.69) is 36.8 Å². The summed E-state index contributed by atoms with van der Waals surface area (Å²) in [5, 5.41) is 0. The molecule has 16 heavy (non-hydrogen) atoms. The molecule has 0 N–H and O–H groups in total. The number of benzene rings is 1. The summed E-state index contributed by atoms with van der Waals surface area (Å²) in [5.41, 5.74) is 1.08. The third kappa shape index (κ3) is 2.83. The minimum atomic E-state index is 0.722. The smallest absolute Gasteiger partial charge is 0.146 e. The highest BCUT2D eigenvalue weighted by Crippen LogP contribution is 2.28. The van der Waals surface area contributed by atoms with Gasteiger partial charge < -0.3 is 4.74 Å². The zero-order chi connectivity index (χ0) is 11.5. The van der Waals surface area contributed by atoms with E-state index in [4.69, 9.17) is 4.74 Å². The maximum atomic E-state index is 5.73. The molecule has 0 radical (unpaired) electrons. The Kier molecular flexibility index (Phi) is 3.61. The Bertz CT molecular complexity index is 514. The van der Waals surface area contributed by atoms with Crippen LogP contribution in [0.15, 0.2) is 45.6 Å². The lowest BCUT2D eigenvalue weighted by atomic mass is 10.2. The van der Waals surface area contributed by atoms with Crippen LogP contribution in [0.3, 0.4) is 0 Å². The minimum Gasteiger partial charge on any atom is -0.455 e. The molecule has 0 aliphatic carbocycles. The van der Waals surface area contributed by atoms with Crippen LogP contribution in [0.2, 0.25) is 0 Å². The largest absolute Gasteiger partial charge is 0.455 e. The lowest BCUT2D eigenvalue weighted by molar-refractivity contribution is 0.476. The van der Waals surface area contributed by atoms with E-state index in [1.54, 1.807) is 12.4 Å². The van der Waals surface area contributed by atoms with Crippen LogP contribution >= 0.6 is 31.9 Å². The molecule has 0 amide bonds. The molecule has 1 aromatic heterocycles. The van der Waals surface area contributed by atoms with Gasteiger partial charge in [-0.05, 0) is 52.7 Å². The molecule has 4 heteroatoms. The lowest BCUT2D eigenvalue weighted by Gasteiger charge is -2.08. The second-order valence-corrected chi connectivity index (χ2v) is 5.18. The van der Waals surface area contributed by atoms with E-state index in [0.717, 1.165) is 26.0 Å². The molecule has 0 atom stereocenters. The molecule has 2 nitrogen and oxygen atoms in total.